The molecular formula is C17H22F2O2. The van der Waals surface area contributed by atoms with Crippen LogP contribution in [0, 0.1) is 17.6 Å². The number of hydrogen-bond acceptors (Lipinski definition) is 2. The van der Waals surface area contributed by atoms with Crippen LogP contribution in [0.2, 0.25) is 0 Å². The molecule has 0 unspecified atom stereocenters. The third-order valence-corrected chi connectivity index (χ3v) is 5.20. The fourth-order valence-electron chi connectivity index (χ4n) is 3.63. The zero-order valence-electron chi connectivity index (χ0n) is 12.8. The molecule has 4 heteroatoms. The van der Waals surface area contributed by atoms with Crippen molar-refractivity contribution < 1.29 is 18.3 Å². The first-order valence-electron chi connectivity index (χ1n) is 7.60. The quantitative estimate of drug-likeness (QED) is 0.828. The topological polar surface area (TPSA) is 18.5 Å². The summed E-state index contributed by atoms with van der Waals surface area (Å²) >= 11 is 0. The van der Waals surface area contributed by atoms with Gasteiger partial charge < -0.3 is 9.47 Å². The summed E-state index contributed by atoms with van der Waals surface area (Å²) in [5, 5.41) is 0. The van der Waals surface area contributed by atoms with E-state index in [2.05, 4.69) is 20.8 Å². The Morgan fingerprint density at radius 2 is 2.10 bits per heavy atom. The molecule has 0 radical (unpaired) electrons. The number of fused-ring (bicyclic) bond motifs is 2. The minimum Gasteiger partial charge on any atom is -0.370 e. The van der Waals surface area contributed by atoms with Crippen molar-refractivity contribution in [1.29, 1.82) is 0 Å². The molecular weight excluding hydrogens is 274 g/mol. The summed E-state index contributed by atoms with van der Waals surface area (Å²) in [4.78, 5) is 0. The summed E-state index contributed by atoms with van der Waals surface area (Å²) in [6.07, 6.45) is 2.86. The van der Waals surface area contributed by atoms with Crippen molar-refractivity contribution in [3.05, 3.63) is 35.4 Å². The van der Waals surface area contributed by atoms with Gasteiger partial charge in [-0.05, 0) is 31.7 Å². The number of ether oxygens (including phenoxy) is 2. The highest BCUT2D eigenvalue weighted by atomic mass is 19.1. The zero-order valence-corrected chi connectivity index (χ0v) is 12.8. The highest BCUT2D eigenvalue weighted by molar-refractivity contribution is 5.18. The van der Waals surface area contributed by atoms with Crippen LogP contribution in [0.5, 0.6) is 0 Å². The SMILES string of the molecule is CC(C)[C@@]12CC[C@@](C)(O1)[C@@H](OCc1ccc(F)cc1F)C2. The van der Waals surface area contributed by atoms with E-state index in [0.29, 0.717) is 11.5 Å². The molecule has 3 atom stereocenters. The van der Waals surface area contributed by atoms with Gasteiger partial charge in [-0.3, -0.25) is 0 Å². The van der Waals surface area contributed by atoms with E-state index in [0.717, 1.165) is 25.3 Å². The van der Waals surface area contributed by atoms with E-state index in [4.69, 9.17) is 9.47 Å². The van der Waals surface area contributed by atoms with Crippen molar-refractivity contribution in [3.8, 4) is 0 Å². The number of halogens is 2. The van der Waals surface area contributed by atoms with Crippen molar-refractivity contribution in [2.75, 3.05) is 0 Å². The predicted octanol–water partition coefficient (Wildman–Crippen LogP) is 4.22. The first-order chi connectivity index (χ1) is 9.85. The molecule has 2 bridgehead atoms. The molecule has 2 saturated heterocycles. The molecule has 0 amide bonds. The van der Waals surface area contributed by atoms with Gasteiger partial charge in [-0.15, -0.1) is 0 Å². The normalized spacial score (nSPS) is 34.9. The molecule has 1 aromatic carbocycles. The summed E-state index contributed by atoms with van der Waals surface area (Å²) < 4.78 is 38.8. The van der Waals surface area contributed by atoms with Gasteiger partial charge >= 0.3 is 0 Å². The Balaban J connectivity index is 1.69. The largest absolute Gasteiger partial charge is 0.370 e. The van der Waals surface area contributed by atoms with E-state index in [1.54, 1.807) is 0 Å². The summed E-state index contributed by atoms with van der Waals surface area (Å²) in [6, 6.07) is 3.60. The van der Waals surface area contributed by atoms with Gasteiger partial charge in [-0.1, -0.05) is 19.9 Å². The Kier molecular flexibility index (Phi) is 3.57. The van der Waals surface area contributed by atoms with E-state index in [9.17, 15) is 8.78 Å². The Morgan fingerprint density at radius 3 is 2.71 bits per heavy atom. The maximum atomic E-state index is 13.7. The Hall–Kier alpha value is -1.00. The van der Waals surface area contributed by atoms with Gasteiger partial charge in [-0.25, -0.2) is 8.78 Å². The van der Waals surface area contributed by atoms with E-state index < -0.39 is 11.6 Å². The minimum atomic E-state index is -0.565. The average Bonchev–Trinajstić information content (AvgIpc) is 2.90. The molecule has 0 N–H and O–H groups in total. The molecule has 0 saturated carbocycles. The van der Waals surface area contributed by atoms with E-state index in [1.807, 2.05) is 0 Å². The van der Waals surface area contributed by atoms with Crippen molar-refractivity contribution in [3.63, 3.8) is 0 Å². The van der Waals surface area contributed by atoms with Gasteiger partial charge in [0.05, 0.1) is 23.9 Å². The van der Waals surface area contributed by atoms with Crippen molar-refractivity contribution in [1.82, 2.24) is 0 Å². The summed E-state index contributed by atoms with van der Waals surface area (Å²) in [6.45, 7) is 6.58. The van der Waals surface area contributed by atoms with Crippen molar-refractivity contribution in [2.45, 2.75) is 63.9 Å². The standard InChI is InChI=1S/C17H22F2O2/c1-11(2)17-7-6-16(3,21-17)15(9-17)20-10-12-4-5-13(18)8-14(12)19/h4-5,8,11,15H,6-7,9-10H2,1-3H3/t15-,16+,17-/m0/s1. The second kappa shape index (κ2) is 5.03. The molecule has 116 valence electrons. The molecule has 3 rings (SSSR count). The van der Waals surface area contributed by atoms with Crippen LogP contribution >= 0.6 is 0 Å². The van der Waals surface area contributed by atoms with Crippen LogP contribution in [0.15, 0.2) is 18.2 Å². The maximum Gasteiger partial charge on any atom is 0.131 e. The second-order valence-electron chi connectivity index (χ2n) is 6.87. The lowest BCUT2D eigenvalue weighted by Gasteiger charge is -2.31. The lowest BCUT2D eigenvalue weighted by atomic mass is 9.75. The third-order valence-electron chi connectivity index (χ3n) is 5.20. The van der Waals surface area contributed by atoms with Gasteiger partial charge in [0.2, 0.25) is 0 Å². The molecule has 1 aromatic rings. The summed E-state index contributed by atoms with van der Waals surface area (Å²) in [5.74, 6) is -0.677. The highest BCUT2D eigenvalue weighted by Crippen LogP contribution is 2.55. The minimum absolute atomic E-state index is 0.0295. The van der Waals surface area contributed by atoms with Gasteiger partial charge in [0, 0.05) is 18.1 Å². The highest BCUT2D eigenvalue weighted by Gasteiger charge is 2.60. The predicted molar refractivity (Wildman–Crippen MR) is 75.8 cm³/mol. The average molecular weight is 296 g/mol. The lowest BCUT2D eigenvalue weighted by Crippen LogP contribution is -2.38. The molecule has 0 aromatic heterocycles. The van der Waals surface area contributed by atoms with Gasteiger partial charge in [0.1, 0.15) is 11.6 Å². The second-order valence-corrected chi connectivity index (χ2v) is 6.87. The van der Waals surface area contributed by atoms with Crippen molar-refractivity contribution in [2.24, 2.45) is 5.92 Å². The molecule has 2 heterocycles. The smallest absolute Gasteiger partial charge is 0.131 e. The number of rotatable bonds is 4. The van der Waals surface area contributed by atoms with Crippen LogP contribution in [-0.2, 0) is 16.1 Å². The molecule has 2 aliphatic rings. The molecule has 2 aliphatic heterocycles. The van der Waals surface area contributed by atoms with E-state index in [-0.39, 0.29) is 23.9 Å². The van der Waals surface area contributed by atoms with Gasteiger partial charge in [0.25, 0.3) is 0 Å². The molecule has 0 aliphatic carbocycles. The zero-order chi connectivity index (χ0) is 15.3. The summed E-state index contributed by atoms with van der Waals surface area (Å²) in [7, 11) is 0. The van der Waals surface area contributed by atoms with Gasteiger partial charge in [0.15, 0.2) is 0 Å². The molecule has 0 spiro atoms. The van der Waals surface area contributed by atoms with Crippen LogP contribution in [0.3, 0.4) is 0 Å². The third kappa shape index (κ3) is 2.49. The summed E-state index contributed by atoms with van der Waals surface area (Å²) in [5.41, 5.74) is 0.0167. The number of benzene rings is 1. The fraction of sp³-hybridized carbons (Fsp3) is 0.647. The lowest BCUT2D eigenvalue weighted by molar-refractivity contribution is -0.0962. The van der Waals surface area contributed by atoms with Crippen LogP contribution in [-0.4, -0.2) is 17.3 Å². The van der Waals surface area contributed by atoms with Crippen LogP contribution in [0.4, 0.5) is 8.78 Å². The molecule has 2 nitrogen and oxygen atoms in total. The monoisotopic (exact) mass is 296 g/mol. The van der Waals surface area contributed by atoms with Crippen LogP contribution in [0.1, 0.15) is 45.6 Å². The Morgan fingerprint density at radius 1 is 1.33 bits per heavy atom. The first kappa shape index (κ1) is 14.9. The van der Waals surface area contributed by atoms with E-state index >= 15 is 0 Å². The fourth-order valence-corrected chi connectivity index (χ4v) is 3.63. The van der Waals surface area contributed by atoms with Crippen molar-refractivity contribution >= 4 is 0 Å². The maximum absolute atomic E-state index is 13.7. The van der Waals surface area contributed by atoms with E-state index in [1.165, 1.54) is 12.1 Å². The molecule has 21 heavy (non-hydrogen) atoms. The Labute approximate surface area is 124 Å². The van der Waals surface area contributed by atoms with Crippen LogP contribution in [0.25, 0.3) is 0 Å². The number of hydrogen-bond donors (Lipinski definition) is 0. The Bertz CT molecular complexity index is 546. The molecule has 2 fully saturated rings. The van der Waals surface area contributed by atoms with Crippen LogP contribution < -0.4 is 0 Å². The van der Waals surface area contributed by atoms with Gasteiger partial charge in [-0.2, -0.15) is 0 Å². The first-order valence-corrected chi connectivity index (χ1v) is 7.60.